The van der Waals surface area contributed by atoms with Gasteiger partial charge in [0.05, 0.1) is 18.2 Å². The Morgan fingerprint density at radius 3 is 2.34 bits per heavy atom. The van der Waals surface area contributed by atoms with Gasteiger partial charge >= 0.3 is 0 Å². The van der Waals surface area contributed by atoms with Crippen LogP contribution in [0.3, 0.4) is 0 Å². The molecule has 0 fully saturated rings. The van der Waals surface area contributed by atoms with Crippen molar-refractivity contribution in [3.8, 4) is 11.5 Å². The number of thiazole rings is 1. The van der Waals surface area contributed by atoms with E-state index in [4.69, 9.17) is 9.47 Å². The zero-order valence-electron chi connectivity index (χ0n) is 16.0. The minimum atomic E-state index is -0.171. The maximum absolute atomic E-state index is 12.6. The highest BCUT2D eigenvalue weighted by molar-refractivity contribution is 7.15. The second-order valence-electron chi connectivity index (χ2n) is 6.19. The van der Waals surface area contributed by atoms with Crippen LogP contribution in [-0.4, -0.2) is 28.3 Å². The predicted molar refractivity (Wildman–Crippen MR) is 115 cm³/mol. The summed E-state index contributed by atoms with van der Waals surface area (Å²) in [5.41, 5.74) is 1.75. The molecule has 2 aromatic carbocycles. The summed E-state index contributed by atoms with van der Waals surface area (Å²) in [6.45, 7) is 2.56. The highest BCUT2D eigenvalue weighted by atomic mass is 32.1. The van der Waals surface area contributed by atoms with Crippen LogP contribution in [0.1, 0.15) is 23.9 Å². The highest BCUT2D eigenvalue weighted by Gasteiger charge is 2.08. The van der Waals surface area contributed by atoms with E-state index in [1.54, 1.807) is 13.2 Å². The van der Waals surface area contributed by atoms with Gasteiger partial charge in [0.25, 0.3) is 5.56 Å². The molecule has 4 rings (SSSR count). The molecule has 2 aromatic heterocycles. The van der Waals surface area contributed by atoms with Gasteiger partial charge < -0.3 is 9.47 Å². The van der Waals surface area contributed by atoms with E-state index in [1.807, 2.05) is 67.6 Å². The fourth-order valence-electron chi connectivity index (χ4n) is 2.78. The normalized spacial score (nSPS) is 12.1. The van der Waals surface area contributed by atoms with E-state index in [2.05, 4.69) is 10.1 Å². The summed E-state index contributed by atoms with van der Waals surface area (Å²) in [7, 11) is 1.63. The number of nitrogens with zero attached hydrogens (tertiary/aromatic N) is 3. The molecule has 7 heteroatoms. The Balaban J connectivity index is 1.58. The average Bonchev–Trinajstić information content (AvgIpc) is 3.27. The average molecular weight is 405 g/mol. The van der Waals surface area contributed by atoms with Crippen molar-refractivity contribution in [1.82, 2.24) is 14.6 Å². The minimum Gasteiger partial charge on any atom is -0.497 e. The first-order valence-electron chi connectivity index (χ1n) is 9.12. The summed E-state index contributed by atoms with van der Waals surface area (Å²) in [6.07, 6.45) is 5.53. The number of benzene rings is 2. The van der Waals surface area contributed by atoms with Gasteiger partial charge in [0.1, 0.15) is 11.5 Å². The van der Waals surface area contributed by atoms with Crippen molar-refractivity contribution in [3.63, 3.8) is 0 Å². The zero-order chi connectivity index (χ0) is 20.2. The third-order valence-electron chi connectivity index (χ3n) is 4.23. The smallest absolute Gasteiger partial charge is 0.291 e. The van der Waals surface area contributed by atoms with Gasteiger partial charge in [-0.3, -0.25) is 4.79 Å². The van der Waals surface area contributed by atoms with E-state index >= 15 is 0 Å². The van der Waals surface area contributed by atoms with Crippen LogP contribution in [0.4, 0.5) is 0 Å². The van der Waals surface area contributed by atoms with Crippen LogP contribution in [0, 0.1) is 0 Å². The molecule has 0 spiro atoms. The summed E-state index contributed by atoms with van der Waals surface area (Å²) in [4.78, 5) is 17.7. The molecule has 0 N–H and O–H groups in total. The summed E-state index contributed by atoms with van der Waals surface area (Å²) in [5.74, 6) is 2.11. The van der Waals surface area contributed by atoms with Crippen LogP contribution in [0.15, 0.2) is 53.3 Å². The first-order chi connectivity index (χ1) is 14.2. The van der Waals surface area contributed by atoms with E-state index in [0.29, 0.717) is 21.9 Å². The van der Waals surface area contributed by atoms with Gasteiger partial charge in [-0.2, -0.15) is 9.50 Å². The summed E-state index contributed by atoms with van der Waals surface area (Å²) >= 11 is 1.32. The minimum absolute atomic E-state index is 0.171. The molecular formula is C22H19N3O3S. The van der Waals surface area contributed by atoms with Crippen molar-refractivity contribution in [2.75, 3.05) is 13.7 Å². The van der Waals surface area contributed by atoms with Crippen molar-refractivity contribution in [2.45, 2.75) is 6.92 Å². The van der Waals surface area contributed by atoms with Crippen molar-refractivity contribution < 1.29 is 9.47 Å². The topological polar surface area (TPSA) is 65.7 Å². The molecule has 0 saturated carbocycles. The Hall–Kier alpha value is -3.45. The fourth-order valence-corrected chi connectivity index (χ4v) is 3.70. The monoisotopic (exact) mass is 405 g/mol. The Kier molecular flexibility index (Phi) is 5.39. The molecule has 0 amide bonds. The van der Waals surface area contributed by atoms with Gasteiger partial charge in [0, 0.05) is 0 Å². The lowest BCUT2D eigenvalue weighted by Crippen LogP contribution is -2.23. The van der Waals surface area contributed by atoms with Gasteiger partial charge in [-0.25, -0.2) is 0 Å². The lowest BCUT2D eigenvalue weighted by molar-refractivity contribution is 0.340. The van der Waals surface area contributed by atoms with Crippen LogP contribution >= 0.6 is 11.3 Å². The number of aromatic nitrogens is 3. The summed E-state index contributed by atoms with van der Waals surface area (Å²) in [6, 6.07) is 15.3. The van der Waals surface area contributed by atoms with E-state index in [1.165, 1.54) is 15.9 Å². The SMILES string of the molecule is CCOc1ccc(C=c2sc3nc(C=Cc4ccc(OC)cc4)nn3c2=O)cc1. The Labute approximate surface area is 171 Å². The molecule has 0 bridgehead atoms. The van der Waals surface area contributed by atoms with E-state index in [0.717, 1.165) is 22.6 Å². The van der Waals surface area contributed by atoms with Gasteiger partial charge in [0.2, 0.25) is 4.96 Å². The van der Waals surface area contributed by atoms with Crippen molar-refractivity contribution in [1.29, 1.82) is 0 Å². The number of hydrogen-bond acceptors (Lipinski definition) is 6. The largest absolute Gasteiger partial charge is 0.497 e. The van der Waals surface area contributed by atoms with Crippen molar-refractivity contribution in [3.05, 3.63) is 80.4 Å². The van der Waals surface area contributed by atoms with Crippen LogP contribution in [-0.2, 0) is 0 Å². The maximum atomic E-state index is 12.6. The molecule has 2 heterocycles. The van der Waals surface area contributed by atoms with Crippen LogP contribution in [0.5, 0.6) is 11.5 Å². The summed E-state index contributed by atoms with van der Waals surface area (Å²) in [5, 5.41) is 4.31. The third-order valence-corrected chi connectivity index (χ3v) is 5.19. The van der Waals surface area contributed by atoms with Crippen molar-refractivity contribution in [2.24, 2.45) is 0 Å². The molecule has 0 saturated heterocycles. The van der Waals surface area contributed by atoms with Gasteiger partial charge in [-0.05, 0) is 54.5 Å². The molecule has 0 atom stereocenters. The zero-order valence-corrected chi connectivity index (χ0v) is 16.8. The molecule has 0 unspecified atom stereocenters. The Morgan fingerprint density at radius 2 is 1.69 bits per heavy atom. The van der Waals surface area contributed by atoms with Gasteiger partial charge in [-0.15, -0.1) is 5.10 Å². The second kappa shape index (κ2) is 8.28. The third kappa shape index (κ3) is 4.20. The molecule has 0 aliphatic carbocycles. The number of methoxy groups -OCH3 is 1. The van der Waals surface area contributed by atoms with E-state index in [-0.39, 0.29) is 5.56 Å². The number of hydrogen-bond donors (Lipinski definition) is 0. The first-order valence-corrected chi connectivity index (χ1v) is 9.94. The fraction of sp³-hybridized carbons (Fsp3) is 0.136. The molecule has 29 heavy (non-hydrogen) atoms. The van der Waals surface area contributed by atoms with Crippen molar-refractivity contribution >= 4 is 34.5 Å². The lowest BCUT2D eigenvalue weighted by atomic mass is 10.2. The number of rotatable bonds is 6. The maximum Gasteiger partial charge on any atom is 0.291 e. The molecule has 146 valence electrons. The highest BCUT2D eigenvalue weighted by Crippen LogP contribution is 2.14. The summed E-state index contributed by atoms with van der Waals surface area (Å²) < 4.78 is 12.5. The van der Waals surface area contributed by atoms with Crippen LogP contribution in [0.25, 0.3) is 23.2 Å². The molecule has 0 aliphatic heterocycles. The van der Waals surface area contributed by atoms with E-state index < -0.39 is 0 Å². The molecule has 0 radical (unpaired) electrons. The molecular weight excluding hydrogens is 386 g/mol. The Bertz CT molecular complexity index is 1260. The molecule has 4 aromatic rings. The number of fused-ring (bicyclic) bond motifs is 1. The van der Waals surface area contributed by atoms with Gasteiger partial charge in [0.15, 0.2) is 5.82 Å². The Morgan fingerprint density at radius 1 is 1.00 bits per heavy atom. The predicted octanol–water partition coefficient (Wildman–Crippen LogP) is 3.28. The van der Waals surface area contributed by atoms with Crippen LogP contribution in [0.2, 0.25) is 0 Å². The van der Waals surface area contributed by atoms with Crippen LogP contribution < -0.4 is 19.6 Å². The quantitative estimate of drug-likeness (QED) is 0.493. The molecule has 6 nitrogen and oxygen atoms in total. The second-order valence-corrected chi connectivity index (χ2v) is 7.20. The van der Waals surface area contributed by atoms with Gasteiger partial charge in [-0.1, -0.05) is 41.7 Å². The molecule has 0 aliphatic rings. The lowest BCUT2D eigenvalue weighted by Gasteiger charge is -2.01. The number of ether oxygens (including phenoxy) is 2. The first kappa shape index (κ1) is 18.9. The van der Waals surface area contributed by atoms with E-state index in [9.17, 15) is 4.79 Å². The standard InChI is InChI=1S/C22H19N3O3S/c1-3-28-18-11-6-16(7-12-18)14-19-21(26)25-22(29-19)23-20(24-25)13-8-15-4-9-17(27-2)10-5-15/h4-14H,3H2,1-2H3.